The van der Waals surface area contributed by atoms with Crippen molar-refractivity contribution in [3.63, 3.8) is 0 Å². The molecule has 0 atom stereocenters. The number of ether oxygens (including phenoxy) is 3. The molecule has 2 rings (SSSR count). The zero-order valence-corrected chi connectivity index (χ0v) is 13.7. The van der Waals surface area contributed by atoms with Crippen LogP contribution in [0.5, 0.6) is 17.2 Å². The summed E-state index contributed by atoms with van der Waals surface area (Å²) in [7, 11) is 3.17. The summed E-state index contributed by atoms with van der Waals surface area (Å²) in [6.07, 6.45) is 2.57. The van der Waals surface area contributed by atoms with Crippen LogP contribution in [-0.2, 0) is 6.42 Å². The Morgan fingerprint density at radius 2 is 1.83 bits per heavy atom. The number of benzene rings is 1. The Morgan fingerprint density at radius 3 is 2.35 bits per heavy atom. The molecule has 1 aromatic carbocycles. The number of methoxy groups -OCH3 is 2. The third-order valence-electron chi connectivity index (χ3n) is 3.40. The molecule has 0 aliphatic carbocycles. The van der Waals surface area contributed by atoms with E-state index in [0.29, 0.717) is 42.4 Å². The maximum Gasteiger partial charge on any atom is 0.203 e. The number of Topliss-reactive ketones (excluding diaryl/α,β-unsaturated/α-hetero) is 1. The van der Waals surface area contributed by atoms with E-state index in [-0.39, 0.29) is 5.78 Å². The summed E-state index contributed by atoms with van der Waals surface area (Å²) >= 11 is 0. The summed E-state index contributed by atoms with van der Waals surface area (Å²) in [5.74, 6) is 1.80. The molecule has 0 unspecified atom stereocenters. The summed E-state index contributed by atoms with van der Waals surface area (Å²) in [5.41, 5.74) is 1.43. The molecule has 0 amide bonds. The van der Waals surface area contributed by atoms with Gasteiger partial charge >= 0.3 is 0 Å². The molecule has 23 heavy (non-hydrogen) atoms. The molecule has 0 fully saturated rings. The highest BCUT2D eigenvalue weighted by Gasteiger charge is 2.15. The maximum absolute atomic E-state index is 12.1. The number of ketones is 1. The smallest absolute Gasteiger partial charge is 0.203 e. The number of pyridine rings is 1. The van der Waals surface area contributed by atoms with Gasteiger partial charge in [-0.25, -0.2) is 0 Å². The molecule has 5 heteroatoms. The summed E-state index contributed by atoms with van der Waals surface area (Å²) in [5, 5.41) is 0. The van der Waals surface area contributed by atoms with Gasteiger partial charge in [0, 0.05) is 12.6 Å². The lowest BCUT2D eigenvalue weighted by Gasteiger charge is -2.15. The molecule has 0 bridgehead atoms. The van der Waals surface area contributed by atoms with Gasteiger partial charge in [0.25, 0.3) is 0 Å². The first-order valence-corrected chi connectivity index (χ1v) is 7.51. The van der Waals surface area contributed by atoms with Crippen LogP contribution in [0.1, 0.15) is 29.4 Å². The largest absolute Gasteiger partial charge is 0.493 e. The van der Waals surface area contributed by atoms with E-state index >= 15 is 0 Å². The molecular formula is C18H21NO4. The normalized spacial score (nSPS) is 10.2. The number of aryl methyl sites for hydroxylation is 1. The summed E-state index contributed by atoms with van der Waals surface area (Å²) < 4.78 is 16.3. The van der Waals surface area contributed by atoms with E-state index in [4.69, 9.17) is 14.2 Å². The second kappa shape index (κ2) is 8.17. The van der Waals surface area contributed by atoms with E-state index in [2.05, 4.69) is 4.98 Å². The minimum Gasteiger partial charge on any atom is -0.493 e. The molecule has 0 N–H and O–H groups in total. The van der Waals surface area contributed by atoms with Crippen molar-refractivity contribution in [2.45, 2.75) is 19.8 Å². The average molecular weight is 315 g/mol. The standard InChI is InChI=1S/C18H21NO4/c1-4-23-18-16(21-2)11-13(12-17(18)22-3)8-9-15(20)14-7-5-6-10-19-14/h5-7,10-12H,4,8-9H2,1-3H3. The minimum atomic E-state index is 0.0115. The van der Waals surface area contributed by atoms with Crippen molar-refractivity contribution in [3.8, 4) is 17.2 Å². The quantitative estimate of drug-likeness (QED) is 0.699. The van der Waals surface area contributed by atoms with Gasteiger partial charge in [-0.3, -0.25) is 9.78 Å². The van der Waals surface area contributed by atoms with Gasteiger partial charge in [0.1, 0.15) is 5.69 Å². The molecule has 0 aliphatic heterocycles. The van der Waals surface area contributed by atoms with Crippen molar-refractivity contribution in [2.24, 2.45) is 0 Å². The lowest BCUT2D eigenvalue weighted by Crippen LogP contribution is -2.04. The minimum absolute atomic E-state index is 0.0115. The van der Waals surface area contributed by atoms with Crippen LogP contribution >= 0.6 is 0 Å². The van der Waals surface area contributed by atoms with E-state index in [1.54, 1.807) is 32.5 Å². The van der Waals surface area contributed by atoms with Gasteiger partial charge < -0.3 is 14.2 Å². The fraction of sp³-hybridized carbons (Fsp3) is 0.333. The molecule has 0 aliphatic rings. The molecule has 1 aromatic heterocycles. The molecule has 0 saturated carbocycles. The van der Waals surface area contributed by atoms with Gasteiger partial charge in [-0.15, -0.1) is 0 Å². The van der Waals surface area contributed by atoms with Crippen molar-refractivity contribution in [1.82, 2.24) is 4.98 Å². The van der Waals surface area contributed by atoms with Gasteiger partial charge in [0.2, 0.25) is 5.75 Å². The first-order valence-electron chi connectivity index (χ1n) is 7.51. The molecule has 122 valence electrons. The van der Waals surface area contributed by atoms with Crippen molar-refractivity contribution in [2.75, 3.05) is 20.8 Å². The number of hydrogen-bond acceptors (Lipinski definition) is 5. The van der Waals surface area contributed by atoms with Gasteiger partial charge in [-0.1, -0.05) is 6.07 Å². The molecule has 2 aromatic rings. The lowest BCUT2D eigenvalue weighted by molar-refractivity contribution is 0.0978. The fourth-order valence-electron chi connectivity index (χ4n) is 2.28. The van der Waals surface area contributed by atoms with Crippen molar-refractivity contribution in [3.05, 3.63) is 47.8 Å². The summed E-state index contributed by atoms with van der Waals surface area (Å²) in [4.78, 5) is 16.2. The average Bonchev–Trinajstić information content (AvgIpc) is 2.61. The Hall–Kier alpha value is -2.56. The molecule has 0 saturated heterocycles. The van der Waals surface area contributed by atoms with Crippen LogP contribution in [0.2, 0.25) is 0 Å². The van der Waals surface area contributed by atoms with Crippen LogP contribution in [0, 0.1) is 0 Å². The van der Waals surface area contributed by atoms with Crippen LogP contribution in [0.15, 0.2) is 36.5 Å². The van der Waals surface area contributed by atoms with Gasteiger partial charge in [-0.2, -0.15) is 0 Å². The molecule has 0 spiro atoms. The van der Waals surface area contributed by atoms with Gasteiger partial charge in [-0.05, 0) is 43.2 Å². The first kappa shape index (κ1) is 16.8. The monoisotopic (exact) mass is 315 g/mol. The van der Waals surface area contributed by atoms with E-state index in [9.17, 15) is 4.79 Å². The van der Waals surface area contributed by atoms with Crippen LogP contribution in [0.4, 0.5) is 0 Å². The van der Waals surface area contributed by atoms with Gasteiger partial charge in [0.15, 0.2) is 17.3 Å². The van der Waals surface area contributed by atoms with Crippen LogP contribution < -0.4 is 14.2 Å². The maximum atomic E-state index is 12.1. The van der Waals surface area contributed by atoms with E-state index < -0.39 is 0 Å². The number of rotatable bonds is 8. The SMILES string of the molecule is CCOc1c(OC)cc(CCC(=O)c2ccccn2)cc1OC. The number of nitrogens with zero attached hydrogens (tertiary/aromatic N) is 1. The van der Waals surface area contributed by atoms with Crippen LogP contribution in [0.3, 0.4) is 0 Å². The van der Waals surface area contributed by atoms with Crippen molar-refractivity contribution < 1.29 is 19.0 Å². The second-order valence-corrected chi connectivity index (χ2v) is 4.90. The third-order valence-corrected chi connectivity index (χ3v) is 3.40. The molecule has 1 heterocycles. The van der Waals surface area contributed by atoms with Gasteiger partial charge in [0.05, 0.1) is 20.8 Å². The molecular weight excluding hydrogens is 294 g/mol. The number of hydrogen-bond donors (Lipinski definition) is 0. The number of carbonyl (C=O) groups is 1. The third kappa shape index (κ3) is 4.22. The second-order valence-electron chi connectivity index (χ2n) is 4.90. The van der Waals surface area contributed by atoms with E-state index in [1.807, 2.05) is 25.1 Å². The topological polar surface area (TPSA) is 57.7 Å². The highest BCUT2D eigenvalue weighted by atomic mass is 16.5. The van der Waals surface area contributed by atoms with E-state index in [0.717, 1.165) is 5.56 Å². The van der Waals surface area contributed by atoms with Crippen molar-refractivity contribution >= 4 is 5.78 Å². The van der Waals surface area contributed by atoms with Crippen LogP contribution in [0.25, 0.3) is 0 Å². The Kier molecular flexibility index (Phi) is 5.97. The highest BCUT2D eigenvalue weighted by Crippen LogP contribution is 2.38. The van der Waals surface area contributed by atoms with E-state index in [1.165, 1.54) is 0 Å². The summed E-state index contributed by atoms with van der Waals surface area (Å²) in [6, 6.07) is 9.07. The Morgan fingerprint density at radius 1 is 1.13 bits per heavy atom. The fourth-order valence-corrected chi connectivity index (χ4v) is 2.28. The predicted octanol–water partition coefficient (Wildman–Crippen LogP) is 3.31. The Bertz CT molecular complexity index is 630. The predicted molar refractivity (Wildman–Crippen MR) is 87.6 cm³/mol. The Balaban J connectivity index is 2.15. The number of carbonyl (C=O) groups excluding carboxylic acids is 1. The molecule has 5 nitrogen and oxygen atoms in total. The Labute approximate surface area is 136 Å². The number of aromatic nitrogens is 1. The lowest BCUT2D eigenvalue weighted by atomic mass is 10.0. The summed E-state index contributed by atoms with van der Waals surface area (Å²) in [6.45, 7) is 2.42. The van der Waals surface area contributed by atoms with Crippen LogP contribution in [-0.4, -0.2) is 31.6 Å². The first-order chi connectivity index (χ1) is 11.2. The molecule has 0 radical (unpaired) electrons. The highest BCUT2D eigenvalue weighted by molar-refractivity contribution is 5.94. The zero-order chi connectivity index (χ0) is 16.7. The zero-order valence-electron chi connectivity index (χ0n) is 13.7. The van der Waals surface area contributed by atoms with Crippen molar-refractivity contribution in [1.29, 1.82) is 0 Å².